The SMILES string of the molecule is CCOC(=O)Nc1cccc(C(=O)N[C@@H](CCSC)C(=O)OC)c1. The largest absolute Gasteiger partial charge is 0.467 e. The summed E-state index contributed by atoms with van der Waals surface area (Å²) in [5.74, 6) is -0.193. The van der Waals surface area contributed by atoms with Gasteiger partial charge in [0, 0.05) is 11.3 Å². The topological polar surface area (TPSA) is 93.7 Å². The predicted molar refractivity (Wildman–Crippen MR) is 93.4 cm³/mol. The molecule has 0 unspecified atom stereocenters. The molecular formula is C16H22N2O5S. The zero-order chi connectivity index (χ0) is 17.9. The number of hydrogen-bond acceptors (Lipinski definition) is 6. The lowest BCUT2D eigenvalue weighted by Crippen LogP contribution is -2.41. The highest BCUT2D eigenvalue weighted by molar-refractivity contribution is 7.98. The molecular weight excluding hydrogens is 332 g/mol. The summed E-state index contributed by atoms with van der Waals surface area (Å²) >= 11 is 1.57. The molecule has 2 N–H and O–H groups in total. The number of carbonyl (C=O) groups is 3. The van der Waals surface area contributed by atoms with E-state index < -0.39 is 24.0 Å². The first-order valence-electron chi connectivity index (χ1n) is 7.43. The summed E-state index contributed by atoms with van der Waals surface area (Å²) in [6.07, 6.45) is 1.79. The lowest BCUT2D eigenvalue weighted by molar-refractivity contribution is -0.142. The maximum absolute atomic E-state index is 12.3. The Morgan fingerprint density at radius 3 is 2.67 bits per heavy atom. The van der Waals surface area contributed by atoms with Crippen LogP contribution in [0.15, 0.2) is 24.3 Å². The van der Waals surface area contributed by atoms with E-state index in [1.165, 1.54) is 13.2 Å². The van der Waals surface area contributed by atoms with Crippen molar-refractivity contribution < 1.29 is 23.9 Å². The fourth-order valence-electron chi connectivity index (χ4n) is 1.89. The van der Waals surface area contributed by atoms with Crippen molar-refractivity contribution >= 4 is 35.4 Å². The minimum absolute atomic E-state index is 0.252. The van der Waals surface area contributed by atoms with Crippen LogP contribution in [-0.4, -0.2) is 49.7 Å². The molecule has 0 saturated carbocycles. The highest BCUT2D eigenvalue weighted by Gasteiger charge is 2.21. The van der Waals surface area contributed by atoms with Crippen LogP contribution in [0, 0.1) is 0 Å². The van der Waals surface area contributed by atoms with Gasteiger partial charge in [0.1, 0.15) is 6.04 Å². The zero-order valence-corrected chi connectivity index (χ0v) is 14.8. The van der Waals surface area contributed by atoms with Crippen LogP contribution in [0.4, 0.5) is 10.5 Å². The second-order valence-electron chi connectivity index (χ2n) is 4.76. The number of thioether (sulfide) groups is 1. The van der Waals surface area contributed by atoms with E-state index in [9.17, 15) is 14.4 Å². The first kappa shape index (κ1) is 19.8. The third kappa shape index (κ3) is 6.49. The van der Waals surface area contributed by atoms with Crippen LogP contribution in [0.5, 0.6) is 0 Å². The van der Waals surface area contributed by atoms with E-state index in [-0.39, 0.29) is 6.61 Å². The van der Waals surface area contributed by atoms with Gasteiger partial charge in [-0.25, -0.2) is 9.59 Å². The van der Waals surface area contributed by atoms with E-state index in [2.05, 4.69) is 10.6 Å². The van der Waals surface area contributed by atoms with E-state index in [1.807, 2.05) is 6.26 Å². The molecule has 0 aliphatic carbocycles. The van der Waals surface area contributed by atoms with Gasteiger partial charge in [-0.15, -0.1) is 0 Å². The van der Waals surface area contributed by atoms with Gasteiger partial charge in [-0.3, -0.25) is 10.1 Å². The van der Waals surface area contributed by atoms with Gasteiger partial charge in [0.15, 0.2) is 0 Å². The van der Waals surface area contributed by atoms with Crippen molar-refractivity contribution in [1.82, 2.24) is 5.32 Å². The molecule has 0 aliphatic heterocycles. The van der Waals surface area contributed by atoms with Gasteiger partial charge in [0.2, 0.25) is 0 Å². The summed E-state index contributed by atoms with van der Waals surface area (Å²) in [6.45, 7) is 1.95. The van der Waals surface area contributed by atoms with E-state index in [1.54, 1.807) is 36.9 Å². The van der Waals surface area contributed by atoms with E-state index >= 15 is 0 Å². The van der Waals surface area contributed by atoms with E-state index in [0.717, 1.165) is 0 Å². The summed E-state index contributed by atoms with van der Waals surface area (Å²) < 4.78 is 9.50. The van der Waals surface area contributed by atoms with E-state index in [4.69, 9.17) is 9.47 Å². The molecule has 0 heterocycles. The Kier molecular flexibility index (Phi) is 8.70. The average molecular weight is 354 g/mol. The van der Waals surface area contributed by atoms with Crippen molar-refractivity contribution in [3.05, 3.63) is 29.8 Å². The number of nitrogens with one attached hydrogen (secondary N) is 2. The fraction of sp³-hybridized carbons (Fsp3) is 0.438. The van der Waals surface area contributed by atoms with Crippen LogP contribution in [0.1, 0.15) is 23.7 Å². The van der Waals surface area contributed by atoms with Crippen LogP contribution in [0.25, 0.3) is 0 Å². The average Bonchev–Trinajstić information content (AvgIpc) is 2.58. The van der Waals surface area contributed by atoms with Crippen molar-refractivity contribution in [1.29, 1.82) is 0 Å². The molecule has 0 saturated heterocycles. The Balaban J connectivity index is 2.78. The standard InChI is InChI=1S/C16H22N2O5S/c1-4-23-16(21)17-12-7-5-6-11(10-12)14(19)18-13(8-9-24-3)15(20)22-2/h5-7,10,13H,4,8-9H2,1-3H3,(H,17,21)(H,18,19)/t13-/m0/s1. The van der Waals surface area contributed by atoms with Crippen molar-refractivity contribution in [3.63, 3.8) is 0 Å². The molecule has 0 radical (unpaired) electrons. The molecule has 1 rings (SSSR count). The van der Waals surface area contributed by atoms with Crippen LogP contribution < -0.4 is 10.6 Å². The Bertz CT molecular complexity index is 579. The van der Waals surface area contributed by atoms with Crippen LogP contribution in [-0.2, 0) is 14.3 Å². The minimum Gasteiger partial charge on any atom is -0.467 e. The Hall–Kier alpha value is -2.22. The van der Waals surface area contributed by atoms with Crippen molar-refractivity contribution in [2.75, 3.05) is 31.0 Å². The maximum atomic E-state index is 12.3. The molecule has 0 spiro atoms. The minimum atomic E-state index is -0.711. The Morgan fingerprint density at radius 1 is 1.29 bits per heavy atom. The number of methoxy groups -OCH3 is 1. The normalized spacial score (nSPS) is 11.3. The summed E-state index contributed by atoms with van der Waals surface area (Å²) in [4.78, 5) is 35.5. The van der Waals surface area contributed by atoms with E-state index in [0.29, 0.717) is 23.4 Å². The zero-order valence-electron chi connectivity index (χ0n) is 14.0. The molecule has 0 aromatic heterocycles. The van der Waals surface area contributed by atoms with Gasteiger partial charge < -0.3 is 14.8 Å². The molecule has 24 heavy (non-hydrogen) atoms. The van der Waals surface area contributed by atoms with Gasteiger partial charge in [-0.05, 0) is 43.6 Å². The molecule has 1 aromatic carbocycles. The fourth-order valence-corrected chi connectivity index (χ4v) is 2.36. The predicted octanol–water partition coefficient (Wildman–Crippen LogP) is 2.28. The number of amides is 2. The maximum Gasteiger partial charge on any atom is 0.411 e. The molecule has 2 amide bonds. The van der Waals surface area contributed by atoms with Crippen molar-refractivity contribution in [2.24, 2.45) is 0 Å². The van der Waals surface area contributed by atoms with Gasteiger partial charge in [0.25, 0.3) is 5.91 Å². The van der Waals surface area contributed by atoms with Crippen LogP contribution in [0.2, 0.25) is 0 Å². The first-order chi connectivity index (χ1) is 11.5. The summed E-state index contributed by atoms with van der Waals surface area (Å²) in [7, 11) is 1.28. The smallest absolute Gasteiger partial charge is 0.411 e. The second-order valence-corrected chi connectivity index (χ2v) is 5.74. The molecule has 0 aliphatic rings. The Labute approximate surface area is 145 Å². The first-order valence-corrected chi connectivity index (χ1v) is 8.82. The summed E-state index contributed by atoms with van der Waals surface area (Å²) in [5.41, 5.74) is 0.752. The van der Waals surface area contributed by atoms with Crippen LogP contribution >= 0.6 is 11.8 Å². The highest BCUT2D eigenvalue weighted by Crippen LogP contribution is 2.12. The molecule has 8 heteroatoms. The molecule has 7 nitrogen and oxygen atoms in total. The second kappa shape index (κ2) is 10.5. The number of carbonyl (C=O) groups excluding carboxylic acids is 3. The number of ether oxygens (including phenoxy) is 2. The molecule has 1 atom stereocenters. The summed E-state index contributed by atoms with van der Waals surface area (Å²) in [6, 6.07) is 5.66. The van der Waals surface area contributed by atoms with Crippen LogP contribution in [0.3, 0.4) is 0 Å². The number of esters is 1. The molecule has 132 valence electrons. The molecule has 0 fully saturated rings. The third-order valence-electron chi connectivity index (χ3n) is 3.05. The van der Waals surface area contributed by atoms with Gasteiger partial charge in [-0.1, -0.05) is 6.07 Å². The number of anilines is 1. The highest BCUT2D eigenvalue weighted by atomic mass is 32.2. The lowest BCUT2D eigenvalue weighted by atomic mass is 10.1. The third-order valence-corrected chi connectivity index (χ3v) is 3.69. The molecule has 1 aromatic rings. The van der Waals surface area contributed by atoms with Gasteiger partial charge >= 0.3 is 12.1 Å². The number of rotatable bonds is 8. The van der Waals surface area contributed by atoms with Gasteiger partial charge in [0.05, 0.1) is 13.7 Å². The summed E-state index contributed by atoms with van der Waals surface area (Å²) in [5, 5.41) is 5.18. The van der Waals surface area contributed by atoms with Crippen molar-refractivity contribution in [3.8, 4) is 0 Å². The lowest BCUT2D eigenvalue weighted by Gasteiger charge is -2.16. The quantitative estimate of drug-likeness (QED) is 0.696. The number of hydrogen-bond donors (Lipinski definition) is 2. The van der Waals surface area contributed by atoms with Crippen molar-refractivity contribution in [2.45, 2.75) is 19.4 Å². The monoisotopic (exact) mass is 354 g/mol. The molecule has 0 bridgehead atoms. The Morgan fingerprint density at radius 2 is 2.04 bits per heavy atom. The van der Waals surface area contributed by atoms with Gasteiger partial charge in [-0.2, -0.15) is 11.8 Å². The number of benzene rings is 1.